The average molecular weight is 557 g/mol. The molecule has 4 bridgehead atoms. The highest BCUT2D eigenvalue weighted by molar-refractivity contribution is 6.28. The summed E-state index contributed by atoms with van der Waals surface area (Å²) in [6.45, 7) is 1.09. The van der Waals surface area contributed by atoms with Gasteiger partial charge in [0.15, 0.2) is 0 Å². The van der Waals surface area contributed by atoms with Crippen molar-refractivity contribution in [3.8, 4) is 0 Å². The van der Waals surface area contributed by atoms with Crippen LogP contribution >= 0.6 is 0 Å². The Labute approximate surface area is 241 Å². The van der Waals surface area contributed by atoms with Gasteiger partial charge in [0.2, 0.25) is 17.7 Å². The molecule has 4 saturated carbocycles. The summed E-state index contributed by atoms with van der Waals surface area (Å²) in [4.78, 5) is 51.9. The van der Waals surface area contributed by atoms with Gasteiger partial charge in [0, 0.05) is 40.4 Å². The summed E-state index contributed by atoms with van der Waals surface area (Å²) in [7, 11) is 0. The Hall–Kier alpha value is -3.26. The predicted octanol–water partition coefficient (Wildman–Crippen LogP) is 5.05. The van der Waals surface area contributed by atoms with Crippen molar-refractivity contribution in [2.24, 2.45) is 17.8 Å². The van der Waals surface area contributed by atoms with Gasteiger partial charge >= 0.3 is 0 Å². The molecule has 41 heavy (non-hydrogen) atoms. The topological polar surface area (TPSA) is 108 Å². The zero-order valence-electron chi connectivity index (χ0n) is 23.7. The third-order valence-electron chi connectivity index (χ3n) is 10.4. The van der Waals surface area contributed by atoms with Crippen LogP contribution in [0.15, 0.2) is 30.3 Å². The molecule has 1 saturated heterocycles. The highest BCUT2D eigenvalue weighted by atomic mass is 16.2. The van der Waals surface area contributed by atoms with Crippen molar-refractivity contribution in [1.29, 1.82) is 0 Å². The van der Waals surface area contributed by atoms with Gasteiger partial charge in [-0.3, -0.25) is 29.4 Å². The van der Waals surface area contributed by atoms with Gasteiger partial charge in [0.1, 0.15) is 6.04 Å². The molecular weight excluding hydrogens is 516 g/mol. The molecule has 0 spiro atoms. The number of hydrogen-bond acceptors (Lipinski definition) is 5. The second-order valence-corrected chi connectivity index (χ2v) is 13.3. The van der Waals surface area contributed by atoms with E-state index in [-0.39, 0.29) is 24.1 Å². The Bertz CT molecular complexity index is 1380. The third-order valence-corrected chi connectivity index (χ3v) is 10.4. The second-order valence-electron chi connectivity index (χ2n) is 13.3. The van der Waals surface area contributed by atoms with E-state index in [4.69, 9.17) is 0 Å². The number of nitrogens with zero attached hydrogens (tertiary/aromatic N) is 1. The molecule has 1 atom stereocenters. The van der Waals surface area contributed by atoms with E-state index in [2.05, 4.69) is 16.0 Å². The van der Waals surface area contributed by atoms with Gasteiger partial charge in [0.25, 0.3) is 5.91 Å². The van der Waals surface area contributed by atoms with E-state index in [9.17, 15) is 19.2 Å². The van der Waals surface area contributed by atoms with Crippen molar-refractivity contribution in [3.05, 3.63) is 35.9 Å². The number of nitrogens with one attached hydrogen (secondary N) is 3. The van der Waals surface area contributed by atoms with Gasteiger partial charge in [-0.05, 0) is 100 Å². The molecule has 4 amide bonds. The van der Waals surface area contributed by atoms with E-state index >= 15 is 0 Å². The van der Waals surface area contributed by atoms with Crippen LogP contribution in [-0.2, 0) is 14.4 Å². The SMILES string of the molecule is O=C1CCC(N2C(=O)c3cccc4c(NC(=O)CCCCCCNC56CC7CC(CC(C7)C5)C6)ccc2c34)C(=O)N1. The van der Waals surface area contributed by atoms with Gasteiger partial charge in [-0.1, -0.05) is 25.0 Å². The minimum atomic E-state index is -0.723. The summed E-state index contributed by atoms with van der Waals surface area (Å²) in [5, 5.41) is 10.9. The maximum atomic E-state index is 13.3. The Balaban J connectivity index is 0.910. The lowest BCUT2D eigenvalue weighted by atomic mass is 9.53. The monoisotopic (exact) mass is 556 g/mol. The number of unbranched alkanes of at least 4 members (excludes halogenated alkanes) is 3. The Morgan fingerprint density at radius 2 is 1.66 bits per heavy atom. The molecule has 0 radical (unpaired) electrons. The predicted molar refractivity (Wildman–Crippen MR) is 158 cm³/mol. The van der Waals surface area contributed by atoms with Crippen LogP contribution in [0.1, 0.15) is 93.8 Å². The molecule has 3 N–H and O–H groups in total. The van der Waals surface area contributed by atoms with Crippen LogP contribution in [0, 0.1) is 17.8 Å². The number of piperidine rings is 1. The molecule has 1 unspecified atom stereocenters. The van der Waals surface area contributed by atoms with Crippen molar-refractivity contribution in [1.82, 2.24) is 10.6 Å². The maximum absolute atomic E-state index is 13.3. The van der Waals surface area contributed by atoms with Crippen LogP contribution in [-0.4, -0.2) is 41.8 Å². The zero-order valence-corrected chi connectivity index (χ0v) is 23.7. The number of hydrogen-bond donors (Lipinski definition) is 3. The van der Waals surface area contributed by atoms with E-state index < -0.39 is 11.9 Å². The van der Waals surface area contributed by atoms with Gasteiger partial charge < -0.3 is 10.6 Å². The van der Waals surface area contributed by atoms with Crippen LogP contribution in [0.4, 0.5) is 11.4 Å². The minimum absolute atomic E-state index is 0.0243. The summed E-state index contributed by atoms with van der Waals surface area (Å²) in [6, 6.07) is 8.35. The highest BCUT2D eigenvalue weighted by Gasteiger charge is 2.50. The van der Waals surface area contributed by atoms with Gasteiger partial charge in [-0.25, -0.2) is 0 Å². The third kappa shape index (κ3) is 4.94. The van der Waals surface area contributed by atoms with E-state index in [1.807, 2.05) is 12.1 Å². The first-order valence-electron chi connectivity index (χ1n) is 15.7. The average Bonchev–Trinajstić information content (AvgIpc) is 3.21. The van der Waals surface area contributed by atoms with Crippen LogP contribution < -0.4 is 20.9 Å². The highest BCUT2D eigenvalue weighted by Crippen LogP contribution is 2.55. The second kappa shape index (κ2) is 10.5. The summed E-state index contributed by atoms with van der Waals surface area (Å²) >= 11 is 0. The summed E-state index contributed by atoms with van der Waals surface area (Å²) in [6.07, 6.45) is 13.7. The molecule has 216 valence electrons. The summed E-state index contributed by atoms with van der Waals surface area (Å²) in [5.41, 5.74) is 2.27. The van der Waals surface area contributed by atoms with E-state index in [0.29, 0.717) is 35.3 Å². The molecule has 8 heteroatoms. The Kier molecular flexibility index (Phi) is 6.84. The van der Waals surface area contributed by atoms with Crippen LogP contribution in [0.5, 0.6) is 0 Å². The number of amides is 4. The molecule has 4 aliphatic carbocycles. The van der Waals surface area contributed by atoms with Gasteiger partial charge in [0.05, 0.1) is 5.69 Å². The fraction of sp³-hybridized carbons (Fsp3) is 0.576. The largest absolute Gasteiger partial charge is 0.326 e. The van der Waals surface area contributed by atoms with Crippen LogP contribution in [0.2, 0.25) is 0 Å². The first-order chi connectivity index (χ1) is 19.9. The molecular formula is C33H40N4O4. The lowest BCUT2D eigenvalue weighted by molar-refractivity contribution is -0.134. The molecule has 8 nitrogen and oxygen atoms in total. The van der Waals surface area contributed by atoms with Crippen molar-refractivity contribution >= 4 is 45.8 Å². The van der Waals surface area contributed by atoms with Crippen LogP contribution in [0.3, 0.4) is 0 Å². The lowest BCUT2D eigenvalue weighted by Gasteiger charge is -2.57. The van der Waals surface area contributed by atoms with E-state index in [1.54, 1.807) is 18.2 Å². The number of rotatable bonds is 10. The summed E-state index contributed by atoms with van der Waals surface area (Å²) in [5.74, 6) is 1.87. The van der Waals surface area contributed by atoms with Crippen molar-refractivity contribution < 1.29 is 19.2 Å². The quantitative estimate of drug-likeness (QED) is 0.280. The number of benzene rings is 2. The standard InChI is InChI=1S/C33H40N4O4/c38-28(8-3-1-2-4-13-34-33-17-20-14-21(18-33)16-22(15-20)19-33)35-25-9-10-26-30-23(25)6-5-7-24(30)32(41)37(26)27-11-12-29(39)36-31(27)40/h5-7,9-10,20-22,27,34H,1-4,8,11-19H2,(H,35,38)(H,36,39,40). The normalized spacial score (nSPS) is 29.9. The zero-order chi connectivity index (χ0) is 28.1. The Morgan fingerprint density at radius 1 is 0.927 bits per heavy atom. The van der Waals surface area contributed by atoms with Crippen molar-refractivity contribution in [2.75, 3.05) is 16.8 Å². The molecule has 0 aromatic heterocycles. The Morgan fingerprint density at radius 3 is 2.39 bits per heavy atom. The number of anilines is 2. The molecule has 8 rings (SSSR count). The first-order valence-corrected chi connectivity index (χ1v) is 15.7. The number of carbonyl (C=O) groups is 4. The van der Waals surface area contributed by atoms with E-state index in [0.717, 1.165) is 60.8 Å². The van der Waals surface area contributed by atoms with Gasteiger partial charge in [-0.15, -0.1) is 0 Å². The number of imide groups is 1. The molecule has 6 aliphatic rings. The number of carbonyl (C=O) groups excluding carboxylic acids is 4. The van der Waals surface area contributed by atoms with E-state index in [1.165, 1.54) is 43.4 Å². The lowest BCUT2D eigenvalue weighted by Crippen LogP contribution is -2.58. The van der Waals surface area contributed by atoms with Gasteiger partial charge in [-0.2, -0.15) is 0 Å². The minimum Gasteiger partial charge on any atom is -0.326 e. The maximum Gasteiger partial charge on any atom is 0.259 e. The fourth-order valence-corrected chi connectivity index (χ4v) is 9.01. The smallest absolute Gasteiger partial charge is 0.259 e. The molecule has 5 fully saturated rings. The molecule has 2 aromatic carbocycles. The van der Waals surface area contributed by atoms with Crippen molar-refractivity contribution in [2.45, 2.75) is 95.1 Å². The first kappa shape index (κ1) is 26.6. The molecule has 2 heterocycles. The fourth-order valence-electron chi connectivity index (χ4n) is 9.01. The molecule has 2 aromatic rings. The van der Waals surface area contributed by atoms with Crippen LogP contribution in [0.25, 0.3) is 10.8 Å². The summed E-state index contributed by atoms with van der Waals surface area (Å²) < 4.78 is 0. The van der Waals surface area contributed by atoms with Crippen molar-refractivity contribution in [3.63, 3.8) is 0 Å². The molecule has 2 aliphatic heterocycles.